The highest BCUT2D eigenvalue weighted by Crippen LogP contribution is 2.18. The quantitative estimate of drug-likeness (QED) is 0.840. The molecule has 0 saturated carbocycles. The van der Waals surface area contributed by atoms with E-state index < -0.39 is 18.6 Å². The van der Waals surface area contributed by atoms with Gasteiger partial charge in [0.15, 0.2) is 0 Å². The van der Waals surface area contributed by atoms with E-state index in [4.69, 9.17) is 0 Å². The van der Waals surface area contributed by atoms with Crippen LogP contribution in [0.1, 0.15) is 25.8 Å². The van der Waals surface area contributed by atoms with Crippen LogP contribution < -0.4 is 5.32 Å². The lowest BCUT2D eigenvalue weighted by Crippen LogP contribution is -2.40. The Bertz CT molecular complexity index is 432. The van der Waals surface area contributed by atoms with Gasteiger partial charge >= 0.3 is 6.18 Å². The molecule has 118 valence electrons. The molecule has 1 rings (SSSR count). The van der Waals surface area contributed by atoms with E-state index in [1.54, 1.807) is 30.3 Å². The van der Waals surface area contributed by atoms with E-state index in [0.29, 0.717) is 12.1 Å². The molecule has 0 aliphatic heterocycles. The number of hydrogen-bond donors (Lipinski definition) is 1. The van der Waals surface area contributed by atoms with Crippen LogP contribution in [-0.4, -0.2) is 36.1 Å². The zero-order valence-electron chi connectivity index (χ0n) is 12.3. The maximum atomic E-state index is 12.6. The molecule has 0 unspecified atom stereocenters. The van der Waals surface area contributed by atoms with Gasteiger partial charge in [0, 0.05) is 25.6 Å². The first-order valence-electron chi connectivity index (χ1n) is 6.90. The Kier molecular flexibility index (Phi) is 6.68. The van der Waals surface area contributed by atoms with Crippen molar-refractivity contribution in [3.8, 4) is 0 Å². The predicted octanol–water partition coefficient (Wildman–Crippen LogP) is 2.97. The van der Waals surface area contributed by atoms with Crippen LogP contribution in [0.3, 0.4) is 0 Å². The van der Waals surface area contributed by atoms with Crippen LogP contribution in [0.2, 0.25) is 0 Å². The number of carbonyl (C=O) groups excluding carboxylic acids is 1. The second-order valence-corrected chi connectivity index (χ2v) is 5.21. The van der Waals surface area contributed by atoms with Gasteiger partial charge < -0.3 is 10.2 Å². The lowest BCUT2D eigenvalue weighted by atomic mass is 10.2. The van der Waals surface area contributed by atoms with Crippen molar-refractivity contribution in [2.75, 3.05) is 13.1 Å². The van der Waals surface area contributed by atoms with E-state index in [1.807, 2.05) is 13.8 Å². The highest BCUT2D eigenvalue weighted by Gasteiger charge is 2.32. The lowest BCUT2D eigenvalue weighted by molar-refractivity contribution is -0.162. The van der Waals surface area contributed by atoms with E-state index >= 15 is 0 Å². The highest BCUT2D eigenvalue weighted by atomic mass is 19.4. The van der Waals surface area contributed by atoms with Crippen LogP contribution in [0, 0.1) is 0 Å². The molecule has 6 heteroatoms. The number of hydrogen-bond acceptors (Lipinski definition) is 2. The molecule has 0 atom stereocenters. The standard InChI is InChI=1S/C15H21F3N2O/c1-12(2)19-9-8-14(21)20(11-15(16,17)18)10-13-6-4-3-5-7-13/h3-7,12,19H,8-11H2,1-2H3. The molecule has 0 fully saturated rings. The monoisotopic (exact) mass is 302 g/mol. The second-order valence-electron chi connectivity index (χ2n) is 5.21. The summed E-state index contributed by atoms with van der Waals surface area (Å²) in [5, 5.41) is 3.03. The first-order valence-corrected chi connectivity index (χ1v) is 6.90. The molecule has 0 heterocycles. The number of nitrogens with one attached hydrogen (secondary N) is 1. The number of rotatable bonds is 7. The molecule has 0 aliphatic rings. The van der Waals surface area contributed by atoms with E-state index in [-0.39, 0.29) is 19.0 Å². The molecular formula is C15H21F3N2O. The van der Waals surface area contributed by atoms with Crippen LogP contribution in [-0.2, 0) is 11.3 Å². The predicted molar refractivity (Wildman–Crippen MR) is 75.7 cm³/mol. The largest absolute Gasteiger partial charge is 0.406 e. The third kappa shape index (κ3) is 7.70. The summed E-state index contributed by atoms with van der Waals surface area (Å²) in [6, 6.07) is 8.89. The van der Waals surface area contributed by atoms with Gasteiger partial charge in [-0.25, -0.2) is 0 Å². The maximum absolute atomic E-state index is 12.6. The summed E-state index contributed by atoms with van der Waals surface area (Å²) >= 11 is 0. The highest BCUT2D eigenvalue weighted by molar-refractivity contribution is 5.76. The van der Waals surface area contributed by atoms with E-state index in [1.165, 1.54) is 0 Å². The number of halogens is 3. The minimum absolute atomic E-state index is 0.0269. The Morgan fingerprint density at radius 3 is 2.38 bits per heavy atom. The Labute approximate surface area is 123 Å². The minimum Gasteiger partial charge on any atom is -0.329 e. The van der Waals surface area contributed by atoms with Crippen molar-refractivity contribution in [1.29, 1.82) is 0 Å². The lowest BCUT2D eigenvalue weighted by Gasteiger charge is -2.24. The van der Waals surface area contributed by atoms with E-state index in [2.05, 4.69) is 5.32 Å². The van der Waals surface area contributed by atoms with Crippen molar-refractivity contribution in [2.45, 2.75) is 39.0 Å². The van der Waals surface area contributed by atoms with Gasteiger partial charge in [-0.05, 0) is 5.56 Å². The second kappa shape index (κ2) is 8.02. The van der Waals surface area contributed by atoms with Gasteiger partial charge in [0.1, 0.15) is 6.54 Å². The Morgan fingerprint density at radius 1 is 1.24 bits per heavy atom. The smallest absolute Gasteiger partial charge is 0.329 e. The molecule has 1 N–H and O–H groups in total. The van der Waals surface area contributed by atoms with Crippen LogP contribution in [0.5, 0.6) is 0 Å². The van der Waals surface area contributed by atoms with Crippen molar-refractivity contribution in [3.63, 3.8) is 0 Å². The molecule has 0 aromatic heterocycles. The van der Waals surface area contributed by atoms with Gasteiger partial charge in [-0.2, -0.15) is 13.2 Å². The SMILES string of the molecule is CC(C)NCCC(=O)N(Cc1ccccc1)CC(F)(F)F. The third-order valence-corrected chi connectivity index (χ3v) is 2.83. The summed E-state index contributed by atoms with van der Waals surface area (Å²) in [6.07, 6.45) is -4.34. The van der Waals surface area contributed by atoms with Gasteiger partial charge in [-0.1, -0.05) is 44.2 Å². The minimum atomic E-state index is -4.39. The Morgan fingerprint density at radius 2 is 1.86 bits per heavy atom. The molecule has 0 aliphatic carbocycles. The molecule has 1 amide bonds. The zero-order valence-corrected chi connectivity index (χ0v) is 12.3. The fraction of sp³-hybridized carbons (Fsp3) is 0.533. The number of carbonyl (C=O) groups is 1. The molecule has 1 aromatic carbocycles. The van der Waals surface area contributed by atoms with Crippen LogP contribution in [0.4, 0.5) is 13.2 Å². The maximum Gasteiger partial charge on any atom is 0.406 e. The van der Waals surface area contributed by atoms with Gasteiger partial charge in [0.05, 0.1) is 0 Å². The molecular weight excluding hydrogens is 281 g/mol. The summed E-state index contributed by atoms with van der Waals surface area (Å²) in [6.45, 7) is 2.97. The average Bonchev–Trinajstić information content (AvgIpc) is 2.37. The van der Waals surface area contributed by atoms with E-state index in [0.717, 1.165) is 4.90 Å². The third-order valence-electron chi connectivity index (χ3n) is 2.83. The van der Waals surface area contributed by atoms with Crippen molar-refractivity contribution < 1.29 is 18.0 Å². The summed E-state index contributed by atoms with van der Waals surface area (Å²) < 4.78 is 37.8. The molecule has 21 heavy (non-hydrogen) atoms. The molecule has 1 aromatic rings. The van der Waals surface area contributed by atoms with E-state index in [9.17, 15) is 18.0 Å². The normalized spacial score (nSPS) is 11.7. The Hall–Kier alpha value is -1.56. The fourth-order valence-corrected chi connectivity index (χ4v) is 1.88. The number of benzene rings is 1. The molecule has 3 nitrogen and oxygen atoms in total. The number of alkyl halides is 3. The molecule has 0 saturated heterocycles. The van der Waals surface area contributed by atoms with Crippen LogP contribution >= 0.6 is 0 Å². The van der Waals surface area contributed by atoms with Crippen LogP contribution in [0.25, 0.3) is 0 Å². The summed E-state index contributed by atoms with van der Waals surface area (Å²) in [7, 11) is 0. The molecule has 0 spiro atoms. The van der Waals surface area contributed by atoms with Crippen molar-refractivity contribution in [1.82, 2.24) is 10.2 Å². The van der Waals surface area contributed by atoms with Crippen LogP contribution in [0.15, 0.2) is 30.3 Å². The van der Waals surface area contributed by atoms with Gasteiger partial charge in [-0.3, -0.25) is 4.79 Å². The van der Waals surface area contributed by atoms with Gasteiger partial charge in [-0.15, -0.1) is 0 Å². The average molecular weight is 302 g/mol. The first-order chi connectivity index (χ1) is 9.78. The fourth-order valence-electron chi connectivity index (χ4n) is 1.88. The zero-order chi connectivity index (χ0) is 15.9. The van der Waals surface area contributed by atoms with Crippen molar-refractivity contribution in [3.05, 3.63) is 35.9 Å². The number of nitrogens with zero attached hydrogens (tertiary/aromatic N) is 1. The van der Waals surface area contributed by atoms with Gasteiger partial charge in [0.2, 0.25) is 5.91 Å². The summed E-state index contributed by atoms with van der Waals surface area (Å²) in [5.41, 5.74) is 0.687. The summed E-state index contributed by atoms with van der Waals surface area (Å²) in [4.78, 5) is 12.9. The first kappa shape index (κ1) is 17.5. The topological polar surface area (TPSA) is 32.3 Å². The number of amides is 1. The molecule has 0 radical (unpaired) electrons. The summed E-state index contributed by atoms with van der Waals surface area (Å²) in [5.74, 6) is -0.496. The Balaban J connectivity index is 2.65. The van der Waals surface area contributed by atoms with Crippen molar-refractivity contribution >= 4 is 5.91 Å². The molecule has 0 bridgehead atoms. The van der Waals surface area contributed by atoms with Gasteiger partial charge in [0.25, 0.3) is 0 Å². The van der Waals surface area contributed by atoms with Crippen molar-refractivity contribution in [2.24, 2.45) is 0 Å².